The standard InChI is InChI=1S/C26H26N4O4S/c31-25(29-17-26(32,18-29)12-19-6-2-1-3-7-19)28-13-21-15-30(16-22(21)14-28)35(33,34)23-10-4-8-20-9-5-11-27-24(20)23/h1-11,32H,12-18H2. The molecule has 1 fully saturated rings. The molecule has 3 aliphatic rings. The lowest BCUT2D eigenvalue weighted by atomic mass is 9.87. The Bertz CT molecular complexity index is 1430. The van der Waals surface area contributed by atoms with Gasteiger partial charge in [-0.1, -0.05) is 48.5 Å². The molecule has 2 amide bonds. The summed E-state index contributed by atoms with van der Waals surface area (Å²) in [6.45, 7) is 2.00. The molecule has 9 heteroatoms. The molecule has 1 aromatic heterocycles. The van der Waals surface area contributed by atoms with Gasteiger partial charge >= 0.3 is 6.03 Å². The van der Waals surface area contributed by atoms with Crippen molar-refractivity contribution in [2.24, 2.45) is 0 Å². The number of rotatable bonds is 4. The van der Waals surface area contributed by atoms with Crippen LogP contribution in [0.25, 0.3) is 10.9 Å². The minimum atomic E-state index is -3.72. The molecule has 35 heavy (non-hydrogen) atoms. The van der Waals surface area contributed by atoms with Crippen molar-refractivity contribution in [1.29, 1.82) is 0 Å². The van der Waals surface area contributed by atoms with Crippen molar-refractivity contribution in [3.63, 3.8) is 0 Å². The van der Waals surface area contributed by atoms with Gasteiger partial charge in [-0.25, -0.2) is 13.2 Å². The number of benzene rings is 2. The Morgan fingerprint density at radius 1 is 0.886 bits per heavy atom. The number of carbonyl (C=O) groups is 1. The van der Waals surface area contributed by atoms with Gasteiger partial charge < -0.3 is 14.9 Å². The molecule has 1 saturated heterocycles. The van der Waals surface area contributed by atoms with Crippen molar-refractivity contribution in [2.45, 2.75) is 16.9 Å². The second-order valence-electron chi connectivity index (χ2n) is 9.69. The first-order valence-electron chi connectivity index (χ1n) is 11.7. The number of aliphatic hydroxyl groups is 1. The number of pyridine rings is 1. The summed E-state index contributed by atoms with van der Waals surface area (Å²) >= 11 is 0. The lowest BCUT2D eigenvalue weighted by Crippen LogP contribution is -2.66. The molecule has 1 N–H and O–H groups in total. The Hall–Kier alpha value is -3.27. The fraction of sp³-hybridized carbons (Fsp3) is 0.308. The first-order valence-corrected chi connectivity index (χ1v) is 13.1. The van der Waals surface area contributed by atoms with E-state index in [-0.39, 0.29) is 24.0 Å². The highest BCUT2D eigenvalue weighted by molar-refractivity contribution is 7.89. The number of aromatic nitrogens is 1. The zero-order chi connectivity index (χ0) is 24.2. The fourth-order valence-electron chi connectivity index (χ4n) is 5.36. The maximum Gasteiger partial charge on any atom is 0.320 e. The Labute approximate surface area is 204 Å². The van der Waals surface area contributed by atoms with Crippen LogP contribution < -0.4 is 0 Å². The topological polar surface area (TPSA) is 94.1 Å². The molecule has 3 aliphatic heterocycles. The predicted molar refractivity (Wildman–Crippen MR) is 131 cm³/mol. The average Bonchev–Trinajstić information content (AvgIpc) is 3.42. The Balaban J connectivity index is 1.08. The lowest BCUT2D eigenvalue weighted by Gasteiger charge is -2.47. The molecule has 0 bridgehead atoms. The number of carbonyl (C=O) groups excluding carboxylic acids is 1. The summed E-state index contributed by atoms with van der Waals surface area (Å²) in [5, 5.41) is 11.6. The van der Waals surface area contributed by atoms with Crippen LogP contribution in [-0.4, -0.2) is 83.5 Å². The number of hydrogen-bond acceptors (Lipinski definition) is 5. The van der Waals surface area contributed by atoms with Gasteiger partial charge in [0.05, 0.1) is 18.6 Å². The first-order chi connectivity index (χ1) is 16.8. The third kappa shape index (κ3) is 3.89. The normalized spacial score (nSPS) is 19.8. The van der Waals surface area contributed by atoms with Gasteiger partial charge in [-0.2, -0.15) is 4.31 Å². The van der Waals surface area contributed by atoms with Gasteiger partial charge in [0.15, 0.2) is 0 Å². The summed E-state index contributed by atoms with van der Waals surface area (Å²) < 4.78 is 28.3. The second-order valence-corrected chi connectivity index (χ2v) is 11.6. The van der Waals surface area contributed by atoms with Crippen LogP contribution in [0.3, 0.4) is 0 Å². The van der Waals surface area contributed by atoms with E-state index in [1.165, 1.54) is 4.31 Å². The van der Waals surface area contributed by atoms with E-state index in [1.54, 1.807) is 34.2 Å². The first kappa shape index (κ1) is 22.2. The smallest absolute Gasteiger partial charge is 0.320 e. The Kier molecular flexibility index (Phi) is 5.17. The third-order valence-electron chi connectivity index (χ3n) is 7.10. The molecular weight excluding hydrogens is 464 g/mol. The maximum atomic E-state index is 13.4. The molecule has 8 nitrogen and oxygen atoms in total. The molecule has 4 heterocycles. The van der Waals surface area contributed by atoms with Crippen LogP contribution in [0.2, 0.25) is 0 Å². The summed E-state index contributed by atoms with van der Waals surface area (Å²) in [7, 11) is -3.72. The molecule has 0 aliphatic carbocycles. The van der Waals surface area contributed by atoms with E-state index in [2.05, 4.69) is 4.98 Å². The van der Waals surface area contributed by atoms with Crippen LogP contribution in [0.15, 0.2) is 82.9 Å². The molecule has 2 aromatic carbocycles. The zero-order valence-electron chi connectivity index (χ0n) is 19.2. The SMILES string of the molecule is O=C(N1CC2=C(C1)CN(S(=O)(=O)c1cccc3cccnc13)C2)N1CC(O)(Cc2ccccc2)C1. The highest BCUT2D eigenvalue weighted by Crippen LogP contribution is 2.33. The molecule has 0 spiro atoms. The average molecular weight is 491 g/mol. The van der Waals surface area contributed by atoms with Crippen LogP contribution in [-0.2, 0) is 16.4 Å². The van der Waals surface area contributed by atoms with E-state index in [9.17, 15) is 18.3 Å². The highest BCUT2D eigenvalue weighted by atomic mass is 32.2. The lowest BCUT2D eigenvalue weighted by molar-refractivity contribution is -0.0793. The highest BCUT2D eigenvalue weighted by Gasteiger charge is 2.46. The maximum absolute atomic E-state index is 13.4. The second kappa shape index (κ2) is 8.15. The van der Waals surface area contributed by atoms with Crippen molar-refractivity contribution < 1.29 is 18.3 Å². The minimum absolute atomic E-state index is 0.107. The van der Waals surface area contributed by atoms with E-state index in [0.29, 0.717) is 38.1 Å². The summed E-state index contributed by atoms with van der Waals surface area (Å²) in [6, 6.07) is 18.5. The van der Waals surface area contributed by atoms with E-state index < -0.39 is 15.6 Å². The summed E-state index contributed by atoms with van der Waals surface area (Å²) in [5.41, 5.74) is 2.58. The largest absolute Gasteiger partial charge is 0.386 e. The molecule has 0 radical (unpaired) electrons. The van der Waals surface area contributed by atoms with Crippen LogP contribution in [0, 0.1) is 0 Å². The number of hydrogen-bond donors (Lipinski definition) is 1. The molecule has 0 saturated carbocycles. The monoisotopic (exact) mass is 490 g/mol. The quantitative estimate of drug-likeness (QED) is 0.567. The van der Waals surface area contributed by atoms with E-state index in [0.717, 1.165) is 22.1 Å². The zero-order valence-corrected chi connectivity index (χ0v) is 20.0. The fourth-order valence-corrected chi connectivity index (χ4v) is 6.96. The number of urea groups is 1. The number of nitrogens with zero attached hydrogens (tertiary/aromatic N) is 4. The number of β-amino-alcohol motifs (C(OH)–C–C–N with tert-alkyl or cyclic N) is 1. The molecular formula is C26H26N4O4S. The Morgan fingerprint density at radius 3 is 2.29 bits per heavy atom. The van der Waals surface area contributed by atoms with Crippen LogP contribution in [0.5, 0.6) is 0 Å². The predicted octanol–water partition coefficient (Wildman–Crippen LogP) is 2.26. The number of amides is 2. The van der Waals surface area contributed by atoms with E-state index >= 15 is 0 Å². The van der Waals surface area contributed by atoms with Gasteiger partial charge in [0.1, 0.15) is 10.5 Å². The van der Waals surface area contributed by atoms with Crippen LogP contribution in [0.4, 0.5) is 4.79 Å². The number of fused-ring (bicyclic) bond motifs is 1. The van der Waals surface area contributed by atoms with Gasteiger partial charge in [-0.15, -0.1) is 0 Å². The number of sulfonamides is 1. The molecule has 6 rings (SSSR count). The molecule has 0 unspecified atom stereocenters. The number of likely N-dealkylation sites (tertiary alicyclic amines) is 1. The molecule has 3 aromatic rings. The Morgan fingerprint density at radius 2 is 1.57 bits per heavy atom. The third-order valence-corrected chi connectivity index (χ3v) is 8.92. The van der Waals surface area contributed by atoms with Crippen molar-refractivity contribution in [2.75, 3.05) is 39.3 Å². The summed E-state index contributed by atoms with van der Waals surface area (Å²) in [4.78, 5) is 20.9. The molecule has 0 atom stereocenters. The van der Waals surface area contributed by atoms with Gasteiger partial charge in [0.25, 0.3) is 0 Å². The van der Waals surface area contributed by atoms with Crippen molar-refractivity contribution in [3.8, 4) is 0 Å². The van der Waals surface area contributed by atoms with Gasteiger partial charge in [-0.3, -0.25) is 4.98 Å². The van der Waals surface area contributed by atoms with Gasteiger partial charge in [-0.05, 0) is 28.8 Å². The number of para-hydroxylation sites is 1. The summed E-state index contributed by atoms with van der Waals surface area (Å²) in [6.07, 6.45) is 2.12. The van der Waals surface area contributed by atoms with Gasteiger partial charge in [0, 0.05) is 44.2 Å². The molecule has 180 valence electrons. The summed E-state index contributed by atoms with van der Waals surface area (Å²) in [5.74, 6) is 0. The van der Waals surface area contributed by atoms with Gasteiger partial charge in [0.2, 0.25) is 10.0 Å². The van der Waals surface area contributed by atoms with Crippen molar-refractivity contribution in [1.82, 2.24) is 19.1 Å². The van der Waals surface area contributed by atoms with E-state index in [4.69, 9.17) is 0 Å². The van der Waals surface area contributed by atoms with Crippen LogP contribution in [0.1, 0.15) is 5.56 Å². The van der Waals surface area contributed by atoms with Crippen molar-refractivity contribution in [3.05, 3.63) is 83.6 Å². The van der Waals surface area contributed by atoms with Crippen molar-refractivity contribution >= 4 is 27.0 Å². The van der Waals surface area contributed by atoms with Crippen LogP contribution >= 0.6 is 0 Å². The minimum Gasteiger partial charge on any atom is -0.386 e. The van der Waals surface area contributed by atoms with E-state index in [1.807, 2.05) is 42.5 Å².